The predicted molar refractivity (Wildman–Crippen MR) is 82.0 cm³/mol. The second kappa shape index (κ2) is 5.95. The van der Waals surface area contributed by atoms with Gasteiger partial charge in [0.05, 0.1) is 5.02 Å². The van der Waals surface area contributed by atoms with Gasteiger partial charge < -0.3 is 10.5 Å². The Labute approximate surface area is 127 Å². The van der Waals surface area contributed by atoms with E-state index in [0.717, 1.165) is 14.5 Å². The van der Waals surface area contributed by atoms with Gasteiger partial charge in [0.15, 0.2) is 0 Å². The first-order chi connectivity index (χ1) is 8.58. The normalized spacial score (nSPS) is 10.4. The maximum absolute atomic E-state index is 6.05. The van der Waals surface area contributed by atoms with Crippen LogP contribution in [0.2, 0.25) is 5.02 Å². The quantitative estimate of drug-likeness (QED) is 0.745. The van der Waals surface area contributed by atoms with Crippen molar-refractivity contribution >= 4 is 49.1 Å². The number of hydrogen-bond donors (Lipinski definition) is 1. The van der Waals surface area contributed by atoms with Gasteiger partial charge in [-0.2, -0.15) is 0 Å². The van der Waals surface area contributed by atoms with E-state index in [1.54, 1.807) is 6.07 Å². The van der Waals surface area contributed by atoms with Crippen molar-refractivity contribution in [1.29, 1.82) is 0 Å². The number of hydrogen-bond acceptors (Lipinski definition) is 2. The second-order valence-electron chi connectivity index (χ2n) is 3.67. The van der Waals surface area contributed by atoms with E-state index in [-0.39, 0.29) is 0 Å². The smallest absolute Gasteiger partial charge is 0.139 e. The van der Waals surface area contributed by atoms with Crippen molar-refractivity contribution < 1.29 is 4.74 Å². The molecule has 0 aliphatic heterocycles. The molecule has 2 rings (SSSR count). The number of halogens is 3. The van der Waals surface area contributed by atoms with Crippen molar-refractivity contribution in [1.82, 2.24) is 0 Å². The van der Waals surface area contributed by atoms with E-state index >= 15 is 0 Å². The Morgan fingerprint density at radius 3 is 2.67 bits per heavy atom. The topological polar surface area (TPSA) is 35.2 Å². The van der Waals surface area contributed by atoms with Gasteiger partial charge in [-0.1, -0.05) is 49.5 Å². The van der Waals surface area contributed by atoms with Crippen LogP contribution in [0.1, 0.15) is 5.56 Å². The number of ether oxygens (including phenoxy) is 1. The summed E-state index contributed by atoms with van der Waals surface area (Å²) in [5, 5.41) is 0.573. The molecule has 94 valence electrons. The molecule has 2 N–H and O–H groups in total. The van der Waals surface area contributed by atoms with Crippen LogP contribution in [-0.4, -0.2) is 0 Å². The van der Waals surface area contributed by atoms with Gasteiger partial charge in [-0.05, 0) is 30.3 Å². The molecular formula is C13H10Br2ClNO. The third-order valence-corrected chi connectivity index (χ3v) is 3.97. The summed E-state index contributed by atoms with van der Waals surface area (Å²) in [6.07, 6.45) is 0. The summed E-state index contributed by atoms with van der Waals surface area (Å²) in [5.74, 6) is 0.626. The Morgan fingerprint density at radius 2 is 1.94 bits per heavy atom. The highest BCUT2D eigenvalue weighted by Gasteiger charge is 2.07. The van der Waals surface area contributed by atoms with Crippen LogP contribution < -0.4 is 10.5 Å². The molecule has 0 aliphatic carbocycles. The Balaban J connectivity index is 2.19. The highest BCUT2D eigenvalue weighted by atomic mass is 79.9. The molecule has 2 nitrogen and oxygen atoms in total. The van der Waals surface area contributed by atoms with Gasteiger partial charge in [-0.15, -0.1) is 0 Å². The molecule has 0 unspecified atom stereocenters. The van der Waals surface area contributed by atoms with E-state index in [4.69, 9.17) is 22.1 Å². The van der Waals surface area contributed by atoms with Crippen molar-refractivity contribution in [3.05, 3.63) is 55.9 Å². The summed E-state index contributed by atoms with van der Waals surface area (Å²) < 4.78 is 7.54. The molecular weight excluding hydrogens is 381 g/mol. The Hall–Kier alpha value is -0.710. The van der Waals surface area contributed by atoms with Gasteiger partial charge >= 0.3 is 0 Å². The van der Waals surface area contributed by atoms with Crippen LogP contribution >= 0.6 is 43.5 Å². The van der Waals surface area contributed by atoms with Gasteiger partial charge in [0, 0.05) is 20.2 Å². The van der Waals surface area contributed by atoms with Gasteiger partial charge in [-0.25, -0.2) is 0 Å². The third kappa shape index (κ3) is 3.19. The Morgan fingerprint density at radius 1 is 1.17 bits per heavy atom. The summed E-state index contributed by atoms with van der Waals surface area (Å²) in [4.78, 5) is 0. The number of rotatable bonds is 3. The van der Waals surface area contributed by atoms with Gasteiger partial charge in [0.1, 0.15) is 12.4 Å². The minimum atomic E-state index is 0.365. The third-order valence-electron chi connectivity index (χ3n) is 2.42. The van der Waals surface area contributed by atoms with Crippen LogP contribution in [0.3, 0.4) is 0 Å². The summed E-state index contributed by atoms with van der Waals surface area (Å²) in [7, 11) is 0. The number of nitrogen functional groups attached to an aromatic ring is 1. The fourth-order valence-corrected chi connectivity index (χ4v) is 2.47. The van der Waals surface area contributed by atoms with E-state index < -0.39 is 0 Å². The predicted octanol–water partition coefficient (Wildman–Crippen LogP) is 5.03. The zero-order valence-electron chi connectivity index (χ0n) is 9.29. The molecule has 0 aromatic heterocycles. The van der Waals surface area contributed by atoms with Crippen LogP contribution in [0.25, 0.3) is 0 Å². The first-order valence-corrected chi connectivity index (χ1v) is 7.15. The summed E-state index contributed by atoms with van der Waals surface area (Å²) >= 11 is 12.9. The average molecular weight is 391 g/mol. The average Bonchev–Trinajstić information content (AvgIpc) is 2.33. The van der Waals surface area contributed by atoms with E-state index in [1.165, 1.54) is 0 Å². The van der Waals surface area contributed by atoms with Crippen molar-refractivity contribution in [3.8, 4) is 5.75 Å². The highest BCUT2D eigenvalue weighted by Crippen LogP contribution is 2.30. The molecule has 0 aliphatic rings. The lowest BCUT2D eigenvalue weighted by atomic mass is 10.2. The molecule has 5 heteroatoms. The lowest BCUT2D eigenvalue weighted by Crippen LogP contribution is -2.01. The molecule has 0 atom stereocenters. The molecule has 2 aromatic carbocycles. The van der Waals surface area contributed by atoms with Crippen LogP contribution in [-0.2, 0) is 6.61 Å². The minimum absolute atomic E-state index is 0.365. The first-order valence-electron chi connectivity index (χ1n) is 5.18. The molecule has 0 radical (unpaired) electrons. The molecule has 0 amide bonds. The standard InChI is InChI=1S/C13H10Br2ClNO/c14-8-4-5-11(16)13(6-8)18-7-9-10(15)2-1-3-12(9)17/h1-6H,7,17H2. The monoisotopic (exact) mass is 389 g/mol. The largest absolute Gasteiger partial charge is 0.487 e. The van der Waals surface area contributed by atoms with Crippen LogP contribution in [0.4, 0.5) is 5.69 Å². The van der Waals surface area contributed by atoms with Crippen LogP contribution in [0, 0.1) is 0 Å². The zero-order chi connectivity index (χ0) is 13.1. The second-order valence-corrected chi connectivity index (χ2v) is 5.85. The summed E-state index contributed by atoms with van der Waals surface area (Å²) in [6.45, 7) is 0.365. The zero-order valence-corrected chi connectivity index (χ0v) is 13.2. The summed E-state index contributed by atoms with van der Waals surface area (Å²) in [6, 6.07) is 11.1. The maximum atomic E-state index is 6.05. The fraction of sp³-hybridized carbons (Fsp3) is 0.0769. The minimum Gasteiger partial charge on any atom is -0.487 e. The van der Waals surface area contributed by atoms with Crippen molar-refractivity contribution in [2.24, 2.45) is 0 Å². The number of benzene rings is 2. The lowest BCUT2D eigenvalue weighted by Gasteiger charge is -2.11. The van der Waals surface area contributed by atoms with Crippen molar-refractivity contribution in [2.45, 2.75) is 6.61 Å². The van der Waals surface area contributed by atoms with E-state index in [2.05, 4.69) is 31.9 Å². The van der Waals surface area contributed by atoms with Gasteiger partial charge in [0.25, 0.3) is 0 Å². The molecule has 0 fully saturated rings. The maximum Gasteiger partial charge on any atom is 0.139 e. The van der Waals surface area contributed by atoms with Crippen LogP contribution in [0.15, 0.2) is 45.3 Å². The lowest BCUT2D eigenvalue weighted by molar-refractivity contribution is 0.306. The molecule has 0 bridgehead atoms. The van der Waals surface area contributed by atoms with Gasteiger partial charge in [-0.3, -0.25) is 0 Å². The fourth-order valence-electron chi connectivity index (χ4n) is 1.47. The molecule has 0 heterocycles. The SMILES string of the molecule is Nc1cccc(Br)c1COc1cc(Br)ccc1Cl. The highest BCUT2D eigenvalue weighted by molar-refractivity contribution is 9.10. The molecule has 0 spiro atoms. The number of nitrogens with two attached hydrogens (primary N) is 1. The Bertz CT molecular complexity index is 555. The van der Waals surface area contributed by atoms with E-state index in [1.807, 2.05) is 30.3 Å². The van der Waals surface area contributed by atoms with Crippen molar-refractivity contribution in [3.63, 3.8) is 0 Å². The van der Waals surface area contributed by atoms with E-state index in [0.29, 0.717) is 23.1 Å². The molecule has 18 heavy (non-hydrogen) atoms. The molecule has 2 aromatic rings. The summed E-state index contributed by atoms with van der Waals surface area (Å²) in [5.41, 5.74) is 7.50. The van der Waals surface area contributed by atoms with Crippen LogP contribution in [0.5, 0.6) is 5.75 Å². The first kappa shape index (κ1) is 13.7. The Kier molecular flexibility index (Phi) is 4.54. The number of anilines is 1. The molecule has 0 saturated heterocycles. The van der Waals surface area contributed by atoms with Gasteiger partial charge in [0.2, 0.25) is 0 Å². The van der Waals surface area contributed by atoms with Crippen molar-refractivity contribution in [2.75, 3.05) is 5.73 Å². The molecule has 0 saturated carbocycles. The van der Waals surface area contributed by atoms with E-state index in [9.17, 15) is 0 Å².